The van der Waals surface area contributed by atoms with Gasteiger partial charge in [0.25, 0.3) is 10.1 Å². The largest absolute Gasteiger partial charge is 0.344 e. The second-order valence-electron chi connectivity index (χ2n) is 3.94. The first-order valence-electron chi connectivity index (χ1n) is 4.89. The van der Waals surface area contributed by atoms with E-state index in [1.807, 2.05) is 0 Å². The van der Waals surface area contributed by atoms with Gasteiger partial charge in [0.2, 0.25) is 12.3 Å². The van der Waals surface area contributed by atoms with Gasteiger partial charge in [-0.05, 0) is 19.2 Å². The summed E-state index contributed by atoms with van der Waals surface area (Å²) in [6, 6.07) is 0. The van der Waals surface area contributed by atoms with Crippen molar-refractivity contribution in [1.82, 2.24) is 10.2 Å². The molecule has 8 heteroatoms. The molecular weight excluding hydrogens is 260 g/mol. The number of nitrogens with one attached hydrogen (secondary N) is 1. The number of carbonyl (C=O) groups is 2. The average Bonchev–Trinajstić information content (AvgIpc) is 2.23. The molecule has 0 aromatic heterocycles. The van der Waals surface area contributed by atoms with E-state index in [-0.39, 0.29) is 6.54 Å². The Hall–Kier alpha value is -1.67. The number of rotatable bonds is 8. The Morgan fingerprint density at radius 3 is 2.39 bits per heavy atom. The van der Waals surface area contributed by atoms with Gasteiger partial charge >= 0.3 is 0 Å². The Balaban J connectivity index is 5.12. The average molecular weight is 276 g/mol. The Kier molecular flexibility index (Phi) is 5.73. The van der Waals surface area contributed by atoms with E-state index >= 15 is 0 Å². The third kappa shape index (κ3) is 6.16. The van der Waals surface area contributed by atoms with Crippen LogP contribution in [0.3, 0.4) is 0 Å². The summed E-state index contributed by atoms with van der Waals surface area (Å²) < 4.78 is 30.7. The molecule has 0 aliphatic carbocycles. The number of hydrogen-bond acceptors (Lipinski definition) is 4. The molecule has 0 saturated heterocycles. The first-order valence-corrected chi connectivity index (χ1v) is 6.50. The minimum absolute atomic E-state index is 0.153. The van der Waals surface area contributed by atoms with Gasteiger partial charge in [0, 0.05) is 6.54 Å². The summed E-state index contributed by atoms with van der Waals surface area (Å²) in [7, 11) is -4.32. The molecule has 0 aliphatic rings. The molecule has 0 spiro atoms. The van der Waals surface area contributed by atoms with Gasteiger partial charge in [0.15, 0.2) is 0 Å². The highest BCUT2D eigenvalue weighted by molar-refractivity contribution is 7.85. The van der Waals surface area contributed by atoms with Crippen molar-refractivity contribution in [3.63, 3.8) is 0 Å². The zero-order valence-corrected chi connectivity index (χ0v) is 10.8. The van der Waals surface area contributed by atoms with E-state index in [2.05, 4.69) is 18.5 Å². The van der Waals surface area contributed by atoms with Crippen LogP contribution >= 0.6 is 0 Å². The molecule has 7 nitrogen and oxygen atoms in total. The van der Waals surface area contributed by atoms with Gasteiger partial charge in [0.05, 0.1) is 11.3 Å². The van der Waals surface area contributed by atoms with E-state index in [1.54, 1.807) is 0 Å². The fourth-order valence-corrected chi connectivity index (χ4v) is 2.39. The van der Waals surface area contributed by atoms with Crippen LogP contribution in [-0.2, 0) is 19.7 Å². The van der Waals surface area contributed by atoms with E-state index in [4.69, 9.17) is 4.55 Å². The highest BCUT2D eigenvalue weighted by atomic mass is 32.2. The van der Waals surface area contributed by atoms with Crippen LogP contribution in [0, 0.1) is 0 Å². The summed E-state index contributed by atoms with van der Waals surface area (Å²) >= 11 is 0. The Morgan fingerprint density at radius 2 is 2.06 bits per heavy atom. The van der Waals surface area contributed by atoms with Gasteiger partial charge in [-0.3, -0.25) is 14.1 Å². The van der Waals surface area contributed by atoms with Gasteiger partial charge in [-0.1, -0.05) is 13.2 Å². The van der Waals surface area contributed by atoms with Crippen LogP contribution in [-0.4, -0.2) is 48.0 Å². The minimum atomic E-state index is -4.32. The van der Waals surface area contributed by atoms with E-state index in [1.165, 1.54) is 13.1 Å². The van der Waals surface area contributed by atoms with Crippen molar-refractivity contribution in [3.8, 4) is 0 Å². The fourth-order valence-electron chi connectivity index (χ4n) is 1.42. The van der Waals surface area contributed by atoms with Crippen LogP contribution in [0.15, 0.2) is 25.4 Å². The summed E-state index contributed by atoms with van der Waals surface area (Å²) in [5, 5.41) is 2.35. The highest BCUT2D eigenvalue weighted by Gasteiger charge is 2.32. The van der Waals surface area contributed by atoms with E-state index in [0.717, 1.165) is 11.0 Å². The summed E-state index contributed by atoms with van der Waals surface area (Å²) in [5.74, 6) is -1.35. The highest BCUT2D eigenvalue weighted by Crippen LogP contribution is 2.10. The van der Waals surface area contributed by atoms with Crippen molar-refractivity contribution in [1.29, 1.82) is 0 Å². The van der Waals surface area contributed by atoms with E-state index in [0.29, 0.717) is 6.41 Å². The van der Waals surface area contributed by atoms with Crippen LogP contribution in [0.5, 0.6) is 0 Å². The van der Waals surface area contributed by atoms with Crippen molar-refractivity contribution in [2.45, 2.75) is 12.5 Å². The molecule has 0 heterocycles. The molecule has 0 aliphatic heterocycles. The van der Waals surface area contributed by atoms with Crippen molar-refractivity contribution in [3.05, 3.63) is 25.4 Å². The second kappa shape index (κ2) is 6.31. The lowest BCUT2D eigenvalue weighted by Gasteiger charge is -2.32. The third-order valence-corrected chi connectivity index (χ3v) is 3.01. The van der Waals surface area contributed by atoms with Crippen molar-refractivity contribution < 1.29 is 22.6 Å². The predicted octanol–water partition coefficient (Wildman–Crippen LogP) is -0.463. The van der Waals surface area contributed by atoms with Gasteiger partial charge in [-0.15, -0.1) is 0 Å². The second-order valence-corrected chi connectivity index (χ2v) is 5.39. The summed E-state index contributed by atoms with van der Waals surface area (Å²) in [4.78, 5) is 22.9. The molecule has 0 saturated carbocycles. The molecule has 0 rings (SSSR count). The standard InChI is InChI=1S/C10H16N2O5S/c1-4-9(14)11-10(3,7-18(15,16)17)6-12(5-2)8-13/h4-5,8H,1-2,6-7H2,3H3,(H,11,14)(H,15,16,17). The van der Waals surface area contributed by atoms with E-state index < -0.39 is 27.3 Å². The normalized spacial score (nSPS) is 14.1. The molecule has 0 fully saturated rings. The van der Waals surface area contributed by atoms with Gasteiger partial charge in [-0.25, -0.2) is 0 Å². The molecule has 2 N–H and O–H groups in total. The molecule has 18 heavy (non-hydrogen) atoms. The lowest BCUT2D eigenvalue weighted by atomic mass is 10.0. The third-order valence-electron chi connectivity index (χ3n) is 2.01. The number of hydrogen-bond donors (Lipinski definition) is 2. The topological polar surface area (TPSA) is 104 Å². The van der Waals surface area contributed by atoms with Gasteiger partial charge < -0.3 is 10.2 Å². The molecule has 2 amide bonds. The zero-order valence-electron chi connectivity index (χ0n) is 10.00. The SMILES string of the molecule is C=CC(=O)NC(C)(CN(C=C)C=O)CS(=O)(=O)O. The molecule has 102 valence electrons. The molecule has 0 aromatic carbocycles. The fraction of sp³-hybridized carbons (Fsp3) is 0.400. The number of nitrogens with zero attached hydrogens (tertiary/aromatic N) is 1. The van der Waals surface area contributed by atoms with Crippen LogP contribution < -0.4 is 5.32 Å². The maximum absolute atomic E-state index is 11.2. The smallest absolute Gasteiger partial charge is 0.267 e. The van der Waals surface area contributed by atoms with E-state index in [9.17, 15) is 18.0 Å². The summed E-state index contributed by atoms with van der Waals surface area (Å²) in [6.45, 7) is 7.82. The Labute approximate surface area is 106 Å². The molecule has 0 aromatic rings. The van der Waals surface area contributed by atoms with Crippen molar-refractivity contribution >= 4 is 22.4 Å². The molecule has 1 unspecified atom stereocenters. The maximum Gasteiger partial charge on any atom is 0.267 e. The van der Waals surface area contributed by atoms with Gasteiger partial charge in [-0.2, -0.15) is 8.42 Å². The zero-order chi connectivity index (χ0) is 14.4. The van der Waals surface area contributed by atoms with Crippen LogP contribution in [0.4, 0.5) is 0 Å². The lowest BCUT2D eigenvalue weighted by molar-refractivity contribution is -0.120. The quantitative estimate of drug-likeness (QED) is 0.354. The predicted molar refractivity (Wildman–Crippen MR) is 66.1 cm³/mol. The van der Waals surface area contributed by atoms with Crippen molar-refractivity contribution in [2.24, 2.45) is 0 Å². The lowest BCUT2D eigenvalue weighted by Crippen LogP contribution is -2.56. The first-order chi connectivity index (χ1) is 8.15. The van der Waals surface area contributed by atoms with Gasteiger partial charge in [0.1, 0.15) is 0 Å². The Morgan fingerprint density at radius 1 is 1.50 bits per heavy atom. The summed E-state index contributed by atoms with van der Waals surface area (Å²) in [6.07, 6.45) is 2.56. The van der Waals surface area contributed by atoms with Crippen LogP contribution in [0.1, 0.15) is 6.92 Å². The Bertz CT molecular complexity index is 437. The van der Waals surface area contributed by atoms with Crippen LogP contribution in [0.25, 0.3) is 0 Å². The number of carbonyl (C=O) groups excluding carboxylic acids is 2. The molecule has 0 bridgehead atoms. The molecule has 1 atom stereocenters. The molecular formula is C10H16N2O5S. The van der Waals surface area contributed by atoms with Crippen molar-refractivity contribution in [2.75, 3.05) is 12.3 Å². The maximum atomic E-state index is 11.2. The molecule has 0 radical (unpaired) electrons. The first kappa shape index (κ1) is 16.3. The summed E-state index contributed by atoms with van der Waals surface area (Å²) in [5.41, 5.74) is -1.35. The number of amides is 2. The monoisotopic (exact) mass is 276 g/mol. The van der Waals surface area contributed by atoms with Crippen LogP contribution in [0.2, 0.25) is 0 Å². The minimum Gasteiger partial charge on any atom is -0.344 e.